The first-order valence-electron chi connectivity index (χ1n) is 15.2. The molecule has 1 fully saturated rings. The zero-order valence-corrected chi connectivity index (χ0v) is 23.8. The van der Waals surface area contributed by atoms with E-state index >= 15 is 0 Å². The predicted octanol–water partition coefficient (Wildman–Crippen LogP) is 5.07. The maximum Gasteiger partial charge on any atom is 0.326 e. The number of ether oxygens (including phenoxy) is 1. The minimum atomic E-state index is -0.968. The first kappa shape index (κ1) is 29.8. The number of carbonyl (C=O) groups is 2. The summed E-state index contributed by atoms with van der Waals surface area (Å²) in [6.07, 6.45) is 11.7. The quantitative estimate of drug-likeness (QED) is 0.251. The molecule has 2 heterocycles. The van der Waals surface area contributed by atoms with E-state index in [1.54, 1.807) is 0 Å². The van der Waals surface area contributed by atoms with Crippen LogP contribution in [0.5, 0.6) is 5.75 Å². The van der Waals surface area contributed by atoms with E-state index in [1.165, 1.54) is 24.8 Å². The smallest absolute Gasteiger partial charge is 0.326 e. The number of fused-ring (bicyclic) bond motifs is 1. The van der Waals surface area contributed by atoms with Crippen molar-refractivity contribution < 1.29 is 19.4 Å². The van der Waals surface area contributed by atoms with Crippen LogP contribution in [0.2, 0.25) is 0 Å². The second kappa shape index (κ2) is 16.2. The standard InChI is InChI=1S/C32H46N4O4/c37-30(24-25-10-3-1-4-11-25)35-29(32(38)39)18-21-36(22-23-40-28-14-5-2-6-15-28)20-8-7-13-27-17-16-26-12-9-19-33-31(26)34-27/h2,5-6,14-17,25,29H,1,3-4,7-13,18-24H2,(H,33,34)(H,35,37)(H,38,39). The number of hydrogen-bond acceptors (Lipinski definition) is 6. The number of hydrogen-bond donors (Lipinski definition) is 3. The Labute approximate surface area is 238 Å². The van der Waals surface area contributed by atoms with E-state index in [1.807, 2.05) is 30.3 Å². The van der Waals surface area contributed by atoms with Crippen LogP contribution in [0.1, 0.15) is 75.5 Å². The summed E-state index contributed by atoms with van der Waals surface area (Å²) in [7, 11) is 0. The molecule has 0 bridgehead atoms. The van der Waals surface area contributed by atoms with E-state index in [-0.39, 0.29) is 5.91 Å². The molecular formula is C32H46N4O4. The molecule has 40 heavy (non-hydrogen) atoms. The average molecular weight is 551 g/mol. The van der Waals surface area contributed by atoms with Gasteiger partial charge in [0, 0.05) is 31.7 Å². The van der Waals surface area contributed by atoms with Gasteiger partial charge in [-0.2, -0.15) is 0 Å². The van der Waals surface area contributed by atoms with Gasteiger partial charge in [-0.1, -0.05) is 43.5 Å². The highest BCUT2D eigenvalue weighted by atomic mass is 16.5. The fraction of sp³-hybridized carbons (Fsp3) is 0.594. The number of unbranched alkanes of at least 4 members (excludes halogenated alkanes) is 1. The normalized spacial score (nSPS) is 16.1. The summed E-state index contributed by atoms with van der Waals surface area (Å²) in [4.78, 5) is 31.7. The fourth-order valence-electron chi connectivity index (χ4n) is 5.77. The van der Waals surface area contributed by atoms with Crippen LogP contribution in [-0.2, 0) is 22.4 Å². The van der Waals surface area contributed by atoms with Crippen molar-refractivity contribution in [2.24, 2.45) is 5.92 Å². The van der Waals surface area contributed by atoms with Crippen LogP contribution < -0.4 is 15.4 Å². The van der Waals surface area contributed by atoms with Crippen molar-refractivity contribution in [1.29, 1.82) is 0 Å². The zero-order chi connectivity index (χ0) is 28.0. The predicted molar refractivity (Wildman–Crippen MR) is 158 cm³/mol. The average Bonchev–Trinajstić information content (AvgIpc) is 2.97. The first-order valence-corrected chi connectivity index (χ1v) is 15.2. The van der Waals surface area contributed by atoms with Crippen LogP contribution in [0.4, 0.5) is 5.82 Å². The lowest BCUT2D eigenvalue weighted by molar-refractivity contribution is -0.142. The number of carboxylic acids is 1. The molecule has 0 saturated heterocycles. The molecule has 2 aliphatic rings. The van der Waals surface area contributed by atoms with E-state index in [4.69, 9.17) is 9.72 Å². The van der Waals surface area contributed by atoms with Crippen molar-refractivity contribution in [3.63, 3.8) is 0 Å². The summed E-state index contributed by atoms with van der Waals surface area (Å²) < 4.78 is 5.92. The topological polar surface area (TPSA) is 104 Å². The number of rotatable bonds is 16. The highest BCUT2D eigenvalue weighted by molar-refractivity contribution is 5.83. The highest BCUT2D eigenvalue weighted by Crippen LogP contribution is 2.26. The van der Waals surface area contributed by atoms with Crippen LogP contribution in [0.25, 0.3) is 0 Å². The van der Waals surface area contributed by atoms with Crippen LogP contribution >= 0.6 is 0 Å². The van der Waals surface area contributed by atoms with Gasteiger partial charge >= 0.3 is 5.97 Å². The number of aliphatic carboxylic acids is 1. The van der Waals surface area contributed by atoms with Crippen molar-refractivity contribution in [2.75, 3.05) is 38.1 Å². The van der Waals surface area contributed by atoms with Crippen LogP contribution in [0.3, 0.4) is 0 Å². The molecule has 1 aromatic heterocycles. The van der Waals surface area contributed by atoms with E-state index in [0.717, 1.165) is 75.3 Å². The molecule has 1 atom stereocenters. The number of benzene rings is 1. The number of carbonyl (C=O) groups excluding carboxylic acids is 1. The third-order valence-corrected chi connectivity index (χ3v) is 8.09. The Morgan fingerprint density at radius 1 is 1.02 bits per heavy atom. The molecule has 1 aromatic carbocycles. The molecule has 218 valence electrons. The summed E-state index contributed by atoms with van der Waals surface area (Å²) in [5, 5.41) is 16.0. The largest absolute Gasteiger partial charge is 0.492 e. The molecule has 0 radical (unpaired) electrons. The SMILES string of the molecule is O=C(CC1CCCCC1)NC(CCN(CCCCc1ccc2c(n1)NCCC2)CCOc1ccccc1)C(=O)O. The van der Waals surface area contributed by atoms with Crippen LogP contribution in [0, 0.1) is 5.92 Å². The molecule has 2 aromatic rings. The molecule has 1 unspecified atom stereocenters. The molecule has 3 N–H and O–H groups in total. The Morgan fingerprint density at radius 3 is 2.65 bits per heavy atom. The van der Waals surface area contributed by atoms with Crippen LogP contribution in [-0.4, -0.2) is 65.7 Å². The second-order valence-corrected chi connectivity index (χ2v) is 11.3. The summed E-state index contributed by atoms with van der Waals surface area (Å²) in [5.74, 6) is 1.15. The Bertz CT molecular complexity index is 1060. The minimum absolute atomic E-state index is 0.134. The summed E-state index contributed by atoms with van der Waals surface area (Å²) in [6.45, 7) is 3.62. The van der Waals surface area contributed by atoms with E-state index in [9.17, 15) is 14.7 Å². The van der Waals surface area contributed by atoms with Crippen molar-refractivity contribution in [3.8, 4) is 5.75 Å². The molecule has 0 spiro atoms. The lowest BCUT2D eigenvalue weighted by Crippen LogP contribution is -2.44. The van der Waals surface area contributed by atoms with Gasteiger partial charge in [0.15, 0.2) is 0 Å². The maximum atomic E-state index is 12.6. The van der Waals surface area contributed by atoms with Crippen molar-refractivity contribution in [2.45, 2.75) is 83.1 Å². The molecule has 8 nitrogen and oxygen atoms in total. The molecule has 8 heteroatoms. The van der Waals surface area contributed by atoms with Gasteiger partial charge in [0.2, 0.25) is 5.91 Å². The summed E-state index contributed by atoms with van der Waals surface area (Å²) >= 11 is 0. The number of nitrogens with zero attached hydrogens (tertiary/aromatic N) is 2. The number of para-hydroxylation sites is 1. The Morgan fingerprint density at radius 2 is 1.85 bits per heavy atom. The number of amides is 1. The van der Waals surface area contributed by atoms with Crippen molar-refractivity contribution in [1.82, 2.24) is 15.2 Å². The monoisotopic (exact) mass is 550 g/mol. The molecular weight excluding hydrogens is 504 g/mol. The number of aromatic nitrogens is 1. The van der Waals surface area contributed by atoms with Gasteiger partial charge in [-0.25, -0.2) is 9.78 Å². The summed E-state index contributed by atoms with van der Waals surface area (Å²) in [5.41, 5.74) is 2.41. The molecule has 1 amide bonds. The highest BCUT2D eigenvalue weighted by Gasteiger charge is 2.23. The maximum absolute atomic E-state index is 12.6. The third kappa shape index (κ3) is 10.1. The second-order valence-electron chi connectivity index (χ2n) is 11.3. The molecule has 1 aliphatic heterocycles. The number of aryl methyl sites for hydroxylation is 2. The van der Waals surface area contributed by atoms with Crippen molar-refractivity contribution in [3.05, 3.63) is 53.7 Å². The first-order chi connectivity index (χ1) is 19.6. The Balaban J connectivity index is 1.25. The number of anilines is 1. The number of carboxylic acid groups (broad SMARTS) is 1. The summed E-state index contributed by atoms with van der Waals surface area (Å²) in [6, 6.07) is 13.2. The fourth-order valence-corrected chi connectivity index (χ4v) is 5.77. The molecule has 1 saturated carbocycles. The van der Waals surface area contributed by atoms with Gasteiger partial charge in [0.05, 0.1) is 0 Å². The van der Waals surface area contributed by atoms with E-state index < -0.39 is 12.0 Å². The van der Waals surface area contributed by atoms with Gasteiger partial charge in [-0.3, -0.25) is 9.69 Å². The number of nitrogens with one attached hydrogen (secondary N) is 2. The van der Waals surface area contributed by atoms with Crippen LogP contribution in [0.15, 0.2) is 42.5 Å². The molecule has 4 rings (SSSR count). The van der Waals surface area contributed by atoms with E-state index in [2.05, 4.69) is 27.7 Å². The van der Waals surface area contributed by atoms with Gasteiger partial charge in [-0.15, -0.1) is 0 Å². The number of pyridine rings is 1. The Hall–Kier alpha value is -3.13. The van der Waals surface area contributed by atoms with Gasteiger partial charge in [0.1, 0.15) is 24.2 Å². The third-order valence-electron chi connectivity index (χ3n) is 8.09. The van der Waals surface area contributed by atoms with Gasteiger partial charge < -0.3 is 20.5 Å². The Kier molecular flexibility index (Phi) is 12.1. The lowest BCUT2D eigenvalue weighted by atomic mass is 9.87. The van der Waals surface area contributed by atoms with Gasteiger partial charge in [0.25, 0.3) is 0 Å². The molecule has 1 aliphatic carbocycles. The lowest BCUT2D eigenvalue weighted by Gasteiger charge is -2.25. The minimum Gasteiger partial charge on any atom is -0.492 e. The van der Waals surface area contributed by atoms with Gasteiger partial charge in [-0.05, 0) is 87.6 Å². The van der Waals surface area contributed by atoms with E-state index in [0.29, 0.717) is 38.5 Å². The van der Waals surface area contributed by atoms with Crippen molar-refractivity contribution >= 4 is 17.7 Å². The zero-order valence-electron chi connectivity index (χ0n) is 23.8.